The third-order valence-corrected chi connectivity index (χ3v) is 3.60. The van der Waals surface area contributed by atoms with Gasteiger partial charge in [0.2, 0.25) is 0 Å². The molecule has 0 aliphatic carbocycles. The normalized spacial score (nSPS) is 9.95. The zero-order chi connectivity index (χ0) is 13.8. The van der Waals surface area contributed by atoms with Gasteiger partial charge in [0.15, 0.2) is 0 Å². The van der Waals surface area contributed by atoms with E-state index in [2.05, 4.69) is 33.3 Å². The van der Waals surface area contributed by atoms with E-state index in [0.717, 1.165) is 27.7 Å². The summed E-state index contributed by atoms with van der Waals surface area (Å²) in [6.07, 6.45) is 5.62. The number of hydrogen-bond acceptors (Lipinski definition) is 4. The molecule has 21 heavy (non-hydrogen) atoms. The summed E-state index contributed by atoms with van der Waals surface area (Å²) < 4.78 is 0. The van der Waals surface area contributed by atoms with Crippen LogP contribution in [0.3, 0.4) is 0 Å². The molecule has 0 saturated carbocycles. The van der Waals surface area contributed by atoms with Crippen LogP contribution in [0.5, 0.6) is 0 Å². The Morgan fingerprint density at radius 3 is 1.67 bits per heavy atom. The maximum Gasteiger partial charge on any atom is 0.0905 e. The Morgan fingerprint density at radius 2 is 1.29 bits per heavy atom. The van der Waals surface area contributed by atoms with Crippen molar-refractivity contribution in [3.05, 3.63) is 60.9 Å². The Kier molecular flexibility index (Phi) is 5.51. The average molecular weight is 335 g/mol. The summed E-state index contributed by atoms with van der Waals surface area (Å²) in [5.74, 6) is 0. The van der Waals surface area contributed by atoms with Crippen molar-refractivity contribution in [2.75, 3.05) is 6.26 Å². The van der Waals surface area contributed by atoms with Gasteiger partial charge in [0, 0.05) is 34.4 Å². The van der Waals surface area contributed by atoms with Crippen molar-refractivity contribution in [2.24, 2.45) is 0 Å². The van der Waals surface area contributed by atoms with Crippen LogP contribution in [0.15, 0.2) is 65.8 Å². The number of aromatic nitrogens is 3. The van der Waals surface area contributed by atoms with Crippen LogP contribution >= 0.6 is 11.8 Å². The molecule has 5 heteroatoms. The number of thioether (sulfide) groups is 1. The second-order valence-corrected chi connectivity index (χ2v) is 5.09. The quantitative estimate of drug-likeness (QED) is 0.537. The monoisotopic (exact) mass is 335 g/mol. The fourth-order valence-electron chi connectivity index (χ4n) is 1.91. The van der Waals surface area contributed by atoms with Crippen molar-refractivity contribution < 1.29 is 17.1 Å². The predicted molar refractivity (Wildman–Crippen MR) is 82.5 cm³/mol. The molecule has 3 heterocycles. The van der Waals surface area contributed by atoms with Gasteiger partial charge >= 0.3 is 0 Å². The van der Waals surface area contributed by atoms with E-state index in [9.17, 15) is 0 Å². The van der Waals surface area contributed by atoms with E-state index in [4.69, 9.17) is 0 Å². The topological polar surface area (TPSA) is 38.7 Å². The summed E-state index contributed by atoms with van der Waals surface area (Å²) in [6, 6.07) is 15.8. The molecule has 0 amide bonds. The van der Waals surface area contributed by atoms with Gasteiger partial charge in [-0.25, -0.2) is 4.98 Å². The first-order chi connectivity index (χ1) is 9.86. The summed E-state index contributed by atoms with van der Waals surface area (Å²) in [6.45, 7) is 0. The molecule has 0 N–H and O–H groups in total. The van der Waals surface area contributed by atoms with Crippen LogP contribution in [0.2, 0.25) is 0 Å². The van der Waals surface area contributed by atoms with Gasteiger partial charge in [-0.3, -0.25) is 9.97 Å². The second-order valence-electron chi connectivity index (χ2n) is 4.21. The summed E-state index contributed by atoms with van der Waals surface area (Å²) in [5, 5.41) is 0. The molecule has 0 aliphatic rings. The summed E-state index contributed by atoms with van der Waals surface area (Å²) in [7, 11) is 0. The van der Waals surface area contributed by atoms with Crippen LogP contribution in [0.1, 0.15) is 0 Å². The smallest absolute Gasteiger partial charge is 0.0905 e. The Morgan fingerprint density at radius 1 is 0.762 bits per heavy atom. The van der Waals surface area contributed by atoms with Gasteiger partial charge in [-0.1, -0.05) is 12.1 Å². The van der Waals surface area contributed by atoms with E-state index in [0.29, 0.717) is 0 Å². The number of nitrogens with zero attached hydrogens (tertiary/aromatic N) is 3. The van der Waals surface area contributed by atoms with Crippen molar-refractivity contribution >= 4 is 11.8 Å². The van der Waals surface area contributed by atoms with Crippen molar-refractivity contribution in [1.82, 2.24) is 15.0 Å². The Hall–Kier alpha value is -1.68. The number of pyridine rings is 3. The van der Waals surface area contributed by atoms with Crippen LogP contribution in [0.4, 0.5) is 0 Å². The standard InChI is InChI=1S/C16H13N3S.Fe/c1-20-12-10-15(13-6-2-4-8-17-13)19-16(11-12)14-7-3-5-9-18-14;/h2-11H,1H3;. The minimum absolute atomic E-state index is 0. The molecule has 0 saturated heterocycles. The zero-order valence-corrected chi connectivity index (χ0v) is 13.3. The summed E-state index contributed by atoms with van der Waals surface area (Å²) in [4.78, 5) is 14.6. The number of hydrogen-bond donors (Lipinski definition) is 0. The molecular formula is C16H13FeN3S. The molecule has 0 unspecified atom stereocenters. The third kappa shape index (κ3) is 3.70. The van der Waals surface area contributed by atoms with E-state index in [1.807, 2.05) is 36.4 Å². The van der Waals surface area contributed by atoms with E-state index >= 15 is 0 Å². The molecule has 3 nitrogen and oxygen atoms in total. The van der Waals surface area contributed by atoms with E-state index in [-0.39, 0.29) is 17.1 Å². The fraction of sp³-hybridized carbons (Fsp3) is 0.0625. The van der Waals surface area contributed by atoms with Gasteiger partial charge in [0.25, 0.3) is 0 Å². The molecule has 106 valence electrons. The van der Waals surface area contributed by atoms with Gasteiger partial charge < -0.3 is 0 Å². The van der Waals surface area contributed by atoms with Crippen LogP contribution in [0, 0.1) is 0 Å². The molecule has 0 atom stereocenters. The first-order valence-corrected chi connectivity index (χ1v) is 7.48. The van der Waals surface area contributed by atoms with Crippen molar-refractivity contribution in [1.29, 1.82) is 0 Å². The number of rotatable bonds is 3. The van der Waals surface area contributed by atoms with Crippen molar-refractivity contribution in [3.8, 4) is 22.8 Å². The summed E-state index contributed by atoms with van der Waals surface area (Å²) >= 11 is 1.69. The fourth-order valence-corrected chi connectivity index (χ4v) is 2.37. The van der Waals surface area contributed by atoms with Crippen molar-refractivity contribution in [2.45, 2.75) is 4.90 Å². The largest absolute Gasteiger partial charge is 0.255 e. The first-order valence-electron chi connectivity index (χ1n) is 6.26. The van der Waals surface area contributed by atoms with Gasteiger partial charge in [-0.05, 0) is 42.7 Å². The van der Waals surface area contributed by atoms with Crippen LogP contribution in [0.25, 0.3) is 22.8 Å². The molecule has 0 aliphatic heterocycles. The van der Waals surface area contributed by atoms with E-state index < -0.39 is 0 Å². The van der Waals surface area contributed by atoms with Gasteiger partial charge in [0.05, 0.1) is 22.8 Å². The first kappa shape index (κ1) is 15.7. The maximum absolute atomic E-state index is 4.68. The second kappa shape index (κ2) is 7.36. The molecule has 3 aromatic heterocycles. The molecular weight excluding hydrogens is 322 g/mol. The average Bonchev–Trinajstić information content (AvgIpc) is 2.56. The molecule has 0 fully saturated rings. The maximum atomic E-state index is 4.68. The minimum Gasteiger partial charge on any atom is -0.255 e. The SMILES string of the molecule is CSc1cc(-c2ccccn2)nc(-c2ccccn2)c1.[Fe]. The molecule has 0 bridgehead atoms. The van der Waals surface area contributed by atoms with Crippen molar-refractivity contribution in [3.63, 3.8) is 0 Å². The van der Waals surface area contributed by atoms with Crippen LogP contribution < -0.4 is 0 Å². The molecule has 3 rings (SSSR count). The molecule has 0 spiro atoms. The minimum atomic E-state index is 0. The third-order valence-electron chi connectivity index (χ3n) is 2.89. The Bertz CT molecular complexity index is 647. The van der Waals surface area contributed by atoms with E-state index in [1.54, 1.807) is 24.2 Å². The Labute approximate surface area is 138 Å². The molecule has 0 radical (unpaired) electrons. The van der Waals surface area contributed by atoms with Gasteiger partial charge in [0.1, 0.15) is 0 Å². The van der Waals surface area contributed by atoms with E-state index in [1.165, 1.54) is 0 Å². The Balaban J connectivity index is 0.00000161. The molecule has 3 aromatic rings. The summed E-state index contributed by atoms with van der Waals surface area (Å²) in [5.41, 5.74) is 3.50. The predicted octanol–water partition coefficient (Wildman–Crippen LogP) is 3.93. The van der Waals surface area contributed by atoms with Gasteiger partial charge in [-0.15, -0.1) is 11.8 Å². The zero-order valence-electron chi connectivity index (χ0n) is 11.4. The molecule has 0 aromatic carbocycles. The van der Waals surface area contributed by atoms with Gasteiger partial charge in [-0.2, -0.15) is 0 Å². The van der Waals surface area contributed by atoms with Crippen LogP contribution in [-0.4, -0.2) is 21.2 Å². The van der Waals surface area contributed by atoms with Crippen LogP contribution in [-0.2, 0) is 17.1 Å².